The highest BCUT2D eigenvalue weighted by Crippen LogP contribution is 2.37. The average Bonchev–Trinajstić information content (AvgIpc) is 3.48. The lowest BCUT2D eigenvalue weighted by Gasteiger charge is -2.11. The molecule has 2 heterocycles. The van der Waals surface area contributed by atoms with E-state index in [1.807, 2.05) is 0 Å². The van der Waals surface area contributed by atoms with Gasteiger partial charge in [0.15, 0.2) is 5.76 Å². The van der Waals surface area contributed by atoms with Crippen molar-refractivity contribution in [3.8, 4) is 29.2 Å². The number of benzene rings is 4. The van der Waals surface area contributed by atoms with Crippen LogP contribution < -0.4 is 15.0 Å². The smallest absolute Gasteiger partial charge is 0.312 e. The van der Waals surface area contributed by atoms with Gasteiger partial charge in [-0.1, -0.05) is 36.4 Å². The molecule has 11 nitrogen and oxygen atoms in total. The zero-order valence-electron chi connectivity index (χ0n) is 22.9. The van der Waals surface area contributed by atoms with Crippen LogP contribution in [-0.2, 0) is 6.61 Å². The summed E-state index contributed by atoms with van der Waals surface area (Å²) in [6.07, 6.45) is 1.32. The van der Waals surface area contributed by atoms with Crippen molar-refractivity contribution in [2.24, 2.45) is 5.10 Å². The second-order valence-corrected chi connectivity index (χ2v) is 10.3. The van der Waals surface area contributed by atoms with Crippen LogP contribution in [0.5, 0.6) is 11.5 Å². The molecule has 6 rings (SSSR count). The maximum absolute atomic E-state index is 13.6. The second-order valence-electron chi connectivity index (χ2n) is 9.46. The molecule has 0 saturated carbocycles. The number of nitrogens with zero attached hydrogens (tertiary/aromatic N) is 5. The zero-order chi connectivity index (χ0) is 30.8. The summed E-state index contributed by atoms with van der Waals surface area (Å²) in [4.78, 5) is 29.8. The van der Waals surface area contributed by atoms with Crippen LogP contribution >= 0.6 is 15.9 Å². The number of hydrogen-bond donors (Lipinski definition) is 0. The summed E-state index contributed by atoms with van der Waals surface area (Å²) in [5.41, 5.74) is 1.49. The van der Waals surface area contributed by atoms with Gasteiger partial charge in [0.2, 0.25) is 11.6 Å². The fourth-order valence-electron chi connectivity index (χ4n) is 4.69. The molecule has 44 heavy (non-hydrogen) atoms. The quantitative estimate of drug-likeness (QED) is 0.0991. The monoisotopic (exact) mass is 649 g/mol. The van der Waals surface area contributed by atoms with E-state index in [2.05, 4.69) is 32.1 Å². The molecule has 0 fully saturated rings. The van der Waals surface area contributed by atoms with E-state index in [0.717, 1.165) is 4.68 Å². The predicted molar refractivity (Wildman–Crippen MR) is 167 cm³/mol. The van der Waals surface area contributed by atoms with Crippen LogP contribution in [0, 0.1) is 21.4 Å². The molecule has 0 radical (unpaired) electrons. The number of nitriles is 1. The number of furan rings is 1. The molecule has 12 heteroatoms. The number of nitro groups is 1. The van der Waals surface area contributed by atoms with Crippen molar-refractivity contribution >= 4 is 49.7 Å². The van der Waals surface area contributed by atoms with Crippen LogP contribution in [0.25, 0.3) is 33.5 Å². The van der Waals surface area contributed by atoms with Crippen LogP contribution in [0.2, 0.25) is 0 Å². The third-order valence-corrected chi connectivity index (χ3v) is 7.38. The van der Waals surface area contributed by atoms with Gasteiger partial charge in [-0.15, -0.1) is 0 Å². The minimum absolute atomic E-state index is 0.0126. The summed E-state index contributed by atoms with van der Waals surface area (Å²) in [5, 5.41) is 26.8. The minimum atomic E-state index is -0.579. The van der Waals surface area contributed by atoms with Crippen molar-refractivity contribution in [2.75, 3.05) is 7.11 Å². The topological polar surface area (TPSA) is 146 Å². The Morgan fingerprint density at radius 3 is 2.68 bits per heavy atom. The van der Waals surface area contributed by atoms with Crippen molar-refractivity contribution < 1.29 is 18.8 Å². The average molecular weight is 650 g/mol. The second kappa shape index (κ2) is 11.8. The van der Waals surface area contributed by atoms with E-state index < -0.39 is 10.5 Å². The van der Waals surface area contributed by atoms with Gasteiger partial charge < -0.3 is 13.9 Å². The predicted octanol–water partition coefficient (Wildman–Crippen LogP) is 6.82. The van der Waals surface area contributed by atoms with Gasteiger partial charge in [-0.3, -0.25) is 14.9 Å². The molecule has 0 atom stereocenters. The fraction of sp³-hybridized carbons (Fsp3) is 0.0625. The Morgan fingerprint density at radius 2 is 1.89 bits per heavy atom. The number of nitro benzene ring substituents is 1. The zero-order valence-corrected chi connectivity index (χ0v) is 24.5. The van der Waals surface area contributed by atoms with Gasteiger partial charge in [0.05, 0.1) is 50.6 Å². The normalized spacial score (nSPS) is 11.2. The van der Waals surface area contributed by atoms with E-state index in [4.69, 9.17) is 13.9 Å². The molecule has 0 spiro atoms. The van der Waals surface area contributed by atoms with E-state index in [1.54, 1.807) is 86.0 Å². The first-order chi connectivity index (χ1) is 21.4. The number of aromatic nitrogens is 2. The van der Waals surface area contributed by atoms with Crippen LogP contribution in [-0.4, -0.2) is 27.9 Å². The molecule has 0 unspecified atom stereocenters. The first-order valence-corrected chi connectivity index (χ1v) is 13.9. The highest BCUT2D eigenvalue weighted by atomic mass is 79.9. The highest BCUT2D eigenvalue weighted by molar-refractivity contribution is 9.10. The van der Waals surface area contributed by atoms with Crippen LogP contribution in [0.15, 0.2) is 104 Å². The summed E-state index contributed by atoms with van der Waals surface area (Å²) in [7, 11) is 1.55. The number of ether oxygens (including phenoxy) is 2. The van der Waals surface area contributed by atoms with Crippen molar-refractivity contribution in [3.05, 3.63) is 127 Å². The molecule has 0 saturated heterocycles. The molecule has 2 aromatic heterocycles. The summed E-state index contributed by atoms with van der Waals surface area (Å²) in [6, 6.07) is 25.7. The van der Waals surface area contributed by atoms with Gasteiger partial charge in [0.25, 0.3) is 5.56 Å². The molecule has 0 N–H and O–H groups in total. The van der Waals surface area contributed by atoms with E-state index in [0.29, 0.717) is 44.3 Å². The molecule has 0 amide bonds. The lowest BCUT2D eigenvalue weighted by molar-refractivity contribution is -0.386. The van der Waals surface area contributed by atoms with Crippen LogP contribution in [0.1, 0.15) is 16.7 Å². The molecule has 216 valence electrons. The van der Waals surface area contributed by atoms with E-state index in [-0.39, 0.29) is 34.1 Å². The van der Waals surface area contributed by atoms with E-state index >= 15 is 0 Å². The third-order valence-electron chi connectivity index (χ3n) is 6.79. The molecule has 0 bridgehead atoms. The van der Waals surface area contributed by atoms with E-state index in [9.17, 15) is 20.2 Å². The summed E-state index contributed by atoms with van der Waals surface area (Å²) < 4.78 is 18.7. The molecule has 6 aromatic rings. The molecular formula is C32H20BrN5O6. The molecule has 0 aliphatic rings. The fourth-order valence-corrected chi connectivity index (χ4v) is 5.28. The first-order valence-electron chi connectivity index (χ1n) is 13.1. The Labute approximate surface area is 257 Å². The molecule has 4 aromatic carbocycles. The van der Waals surface area contributed by atoms with Gasteiger partial charge in [-0.2, -0.15) is 15.0 Å². The lowest BCUT2D eigenvalue weighted by atomic mass is 10.1. The van der Waals surface area contributed by atoms with Crippen molar-refractivity contribution in [1.29, 1.82) is 5.26 Å². The lowest BCUT2D eigenvalue weighted by Crippen LogP contribution is -2.20. The Morgan fingerprint density at radius 1 is 1.09 bits per heavy atom. The Bertz CT molecular complexity index is 2220. The molecule has 0 aliphatic carbocycles. The SMILES string of the molecule is COc1cccc2oc(-c3nc4ccccc4c(=O)n3N=Cc3cc(Br)c(OCc4ccccc4C#N)c([N+](=O)[O-])c3)cc12. The number of hydrogen-bond acceptors (Lipinski definition) is 9. The number of rotatable bonds is 8. The van der Waals surface area contributed by atoms with E-state index in [1.165, 1.54) is 12.3 Å². The van der Waals surface area contributed by atoms with Gasteiger partial charge in [-0.05, 0) is 58.4 Å². The standard InChI is InChI=1S/C32H20BrN5O6/c1-42-27-11-6-12-28-23(27)15-29(44-28)31-36-25-10-5-4-9-22(25)32(39)37(31)35-17-19-13-24(33)30(26(14-19)38(40)41)43-18-21-8-3-2-7-20(21)16-34/h2-15,17H,18H2,1H3. The Kier molecular flexibility index (Phi) is 7.61. The summed E-state index contributed by atoms with van der Waals surface area (Å²) in [6.45, 7) is -0.0552. The number of para-hydroxylation sites is 1. The molecular weight excluding hydrogens is 630 g/mol. The minimum Gasteiger partial charge on any atom is -0.496 e. The Balaban J connectivity index is 1.43. The van der Waals surface area contributed by atoms with Gasteiger partial charge >= 0.3 is 5.69 Å². The van der Waals surface area contributed by atoms with Gasteiger partial charge in [0.1, 0.15) is 17.9 Å². The highest BCUT2D eigenvalue weighted by Gasteiger charge is 2.22. The van der Waals surface area contributed by atoms with Gasteiger partial charge in [-0.25, -0.2) is 4.98 Å². The first kappa shape index (κ1) is 28.3. The Hall–Kier alpha value is -5.80. The van der Waals surface area contributed by atoms with Gasteiger partial charge in [0, 0.05) is 17.2 Å². The maximum Gasteiger partial charge on any atom is 0.312 e. The molecule has 0 aliphatic heterocycles. The number of methoxy groups -OCH3 is 1. The third kappa shape index (κ3) is 5.28. The summed E-state index contributed by atoms with van der Waals surface area (Å²) in [5.74, 6) is 0.985. The van der Waals surface area contributed by atoms with Crippen LogP contribution in [0.4, 0.5) is 5.69 Å². The van der Waals surface area contributed by atoms with Crippen LogP contribution in [0.3, 0.4) is 0 Å². The largest absolute Gasteiger partial charge is 0.496 e. The summed E-state index contributed by atoms with van der Waals surface area (Å²) >= 11 is 3.37. The maximum atomic E-state index is 13.6. The number of fused-ring (bicyclic) bond motifs is 2. The van der Waals surface area contributed by atoms with Crippen molar-refractivity contribution in [2.45, 2.75) is 6.61 Å². The van der Waals surface area contributed by atoms with Crippen molar-refractivity contribution in [1.82, 2.24) is 9.66 Å². The number of halogens is 1. The van der Waals surface area contributed by atoms with Crippen molar-refractivity contribution in [3.63, 3.8) is 0 Å².